The van der Waals surface area contributed by atoms with Crippen LogP contribution in [-0.4, -0.2) is 30.4 Å². The maximum Gasteiger partial charge on any atom is 0.349 e. The molecule has 0 radical (unpaired) electrons. The number of rotatable bonds is 3. The third-order valence-corrected chi connectivity index (χ3v) is 4.59. The van der Waals surface area contributed by atoms with Gasteiger partial charge in [0.15, 0.2) is 6.10 Å². The van der Waals surface area contributed by atoms with Crippen molar-refractivity contribution < 1.29 is 19.1 Å². The molecule has 124 valence electrons. The van der Waals surface area contributed by atoms with Crippen LogP contribution in [0, 0.1) is 6.92 Å². The third-order valence-electron chi connectivity index (χ3n) is 3.61. The second-order valence-corrected chi connectivity index (χ2v) is 6.74. The van der Waals surface area contributed by atoms with E-state index in [1.54, 1.807) is 30.3 Å². The summed E-state index contributed by atoms with van der Waals surface area (Å²) in [6, 6.07) is 10.5. The highest BCUT2D eigenvalue weighted by molar-refractivity contribution is 7.13. The lowest BCUT2D eigenvalue weighted by Crippen LogP contribution is -2.47. The zero-order chi connectivity index (χ0) is 17.3. The molecule has 1 N–H and O–H groups in total. The molecule has 1 aliphatic rings. The van der Waals surface area contributed by atoms with Crippen LogP contribution in [0.1, 0.15) is 21.5 Å². The van der Waals surface area contributed by atoms with Crippen molar-refractivity contribution in [1.29, 1.82) is 0 Å². The highest BCUT2D eigenvalue weighted by Gasteiger charge is 2.31. The highest BCUT2D eigenvalue weighted by Crippen LogP contribution is 2.29. The zero-order valence-electron chi connectivity index (χ0n) is 13.2. The Morgan fingerprint density at radius 2 is 2.00 bits per heavy atom. The molecule has 2 heterocycles. The summed E-state index contributed by atoms with van der Waals surface area (Å²) in [5, 5.41) is 2.71. The number of esters is 1. The summed E-state index contributed by atoms with van der Waals surface area (Å²) in [4.78, 5) is 39.3. The summed E-state index contributed by atoms with van der Waals surface area (Å²) in [7, 11) is 0. The molecular formula is C17H16N2O4S. The van der Waals surface area contributed by atoms with E-state index < -0.39 is 18.0 Å². The molecule has 0 saturated heterocycles. The Morgan fingerprint density at radius 1 is 1.25 bits per heavy atom. The molecule has 0 bridgehead atoms. The molecule has 1 atom stereocenters. The van der Waals surface area contributed by atoms with Gasteiger partial charge in [-0.15, -0.1) is 11.3 Å². The van der Waals surface area contributed by atoms with Crippen molar-refractivity contribution in [2.75, 3.05) is 16.8 Å². The molecule has 6 nitrogen and oxygen atoms in total. The van der Waals surface area contributed by atoms with E-state index >= 15 is 0 Å². The van der Waals surface area contributed by atoms with Gasteiger partial charge in [-0.05, 0) is 38.1 Å². The second-order valence-electron chi connectivity index (χ2n) is 5.45. The fourth-order valence-electron chi connectivity index (χ4n) is 2.46. The van der Waals surface area contributed by atoms with Crippen LogP contribution in [0.5, 0.6) is 0 Å². The Kier molecular flexibility index (Phi) is 4.35. The summed E-state index contributed by atoms with van der Waals surface area (Å²) in [6.45, 7) is 3.30. The Labute approximate surface area is 143 Å². The minimum Gasteiger partial charge on any atom is -0.448 e. The van der Waals surface area contributed by atoms with Crippen molar-refractivity contribution in [3.05, 3.63) is 46.2 Å². The van der Waals surface area contributed by atoms with Crippen LogP contribution in [0.2, 0.25) is 0 Å². The molecule has 0 spiro atoms. The first-order chi connectivity index (χ1) is 11.5. The molecular weight excluding hydrogens is 328 g/mol. The predicted octanol–water partition coefficient (Wildman–Crippen LogP) is 2.59. The zero-order valence-corrected chi connectivity index (χ0v) is 14.1. The second kappa shape index (κ2) is 6.45. The van der Waals surface area contributed by atoms with Crippen LogP contribution in [0.4, 0.5) is 11.4 Å². The van der Waals surface area contributed by atoms with Crippen LogP contribution < -0.4 is 10.2 Å². The number of fused-ring (bicyclic) bond motifs is 1. The number of carbonyl (C=O) groups is 3. The molecule has 2 aromatic rings. The monoisotopic (exact) mass is 344 g/mol. The molecule has 7 heteroatoms. The van der Waals surface area contributed by atoms with Crippen LogP contribution >= 0.6 is 11.3 Å². The number of hydrogen-bond acceptors (Lipinski definition) is 5. The number of ether oxygens (including phenoxy) is 1. The number of amides is 2. The maximum atomic E-state index is 12.7. The molecule has 0 fully saturated rings. The molecule has 0 unspecified atom stereocenters. The smallest absolute Gasteiger partial charge is 0.349 e. The maximum absolute atomic E-state index is 12.7. The summed E-state index contributed by atoms with van der Waals surface area (Å²) in [5.41, 5.74) is 1.16. The van der Waals surface area contributed by atoms with Crippen LogP contribution in [0.25, 0.3) is 0 Å². The van der Waals surface area contributed by atoms with Crippen LogP contribution in [0.15, 0.2) is 36.4 Å². The van der Waals surface area contributed by atoms with Gasteiger partial charge in [-0.2, -0.15) is 0 Å². The summed E-state index contributed by atoms with van der Waals surface area (Å²) < 4.78 is 5.26. The molecule has 1 aromatic heterocycles. The van der Waals surface area contributed by atoms with E-state index in [-0.39, 0.29) is 12.5 Å². The van der Waals surface area contributed by atoms with Gasteiger partial charge in [0.25, 0.3) is 5.91 Å². The first-order valence-electron chi connectivity index (χ1n) is 7.43. The number of para-hydroxylation sites is 2. The minimum atomic E-state index is -0.987. The van der Waals surface area contributed by atoms with Gasteiger partial charge >= 0.3 is 5.97 Å². The van der Waals surface area contributed by atoms with Gasteiger partial charge < -0.3 is 10.1 Å². The van der Waals surface area contributed by atoms with E-state index in [0.717, 1.165) is 4.88 Å². The van der Waals surface area contributed by atoms with Gasteiger partial charge in [0, 0.05) is 4.88 Å². The molecule has 3 rings (SSSR count). The van der Waals surface area contributed by atoms with E-state index in [9.17, 15) is 14.4 Å². The number of nitrogens with zero attached hydrogens (tertiary/aromatic N) is 1. The fraction of sp³-hybridized carbons (Fsp3) is 0.235. The van der Waals surface area contributed by atoms with E-state index in [1.165, 1.54) is 23.2 Å². The summed E-state index contributed by atoms with van der Waals surface area (Å²) in [6.07, 6.45) is -0.987. The quantitative estimate of drug-likeness (QED) is 0.869. The number of hydrogen-bond donors (Lipinski definition) is 1. The van der Waals surface area contributed by atoms with Crippen molar-refractivity contribution in [2.45, 2.75) is 20.0 Å². The number of benzene rings is 1. The molecule has 24 heavy (non-hydrogen) atoms. The lowest BCUT2D eigenvalue weighted by molar-refractivity contribution is -0.128. The predicted molar refractivity (Wildman–Crippen MR) is 91.4 cm³/mol. The van der Waals surface area contributed by atoms with E-state index in [2.05, 4.69) is 5.32 Å². The Balaban J connectivity index is 1.76. The number of thiophene rings is 1. The molecule has 1 aromatic carbocycles. The first kappa shape index (κ1) is 16.2. The van der Waals surface area contributed by atoms with E-state index in [4.69, 9.17) is 4.74 Å². The van der Waals surface area contributed by atoms with E-state index in [0.29, 0.717) is 16.3 Å². The van der Waals surface area contributed by atoms with Gasteiger partial charge in [-0.3, -0.25) is 14.5 Å². The average molecular weight is 344 g/mol. The normalized spacial score (nSPS) is 14.6. The van der Waals surface area contributed by atoms with Crippen LogP contribution in [-0.2, 0) is 14.3 Å². The molecule has 2 amide bonds. The minimum absolute atomic E-state index is 0.101. The molecule has 0 aliphatic carbocycles. The van der Waals surface area contributed by atoms with Crippen molar-refractivity contribution in [2.24, 2.45) is 0 Å². The lowest BCUT2D eigenvalue weighted by Gasteiger charge is -2.30. The Bertz CT molecular complexity index is 814. The number of aryl methyl sites for hydroxylation is 1. The number of nitrogens with one attached hydrogen (secondary N) is 1. The van der Waals surface area contributed by atoms with Gasteiger partial charge in [-0.1, -0.05) is 12.1 Å². The van der Waals surface area contributed by atoms with Crippen molar-refractivity contribution in [1.82, 2.24) is 0 Å². The lowest BCUT2D eigenvalue weighted by atomic mass is 10.1. The van der Waals surface area contributed by atoms with Gasteiger partial charge in [0.05, 0.1) is 11.4 Å². The van der Waals surface area contributed by atoms with E-state index in [1.807, 2.05) is 13.0 Å². The Hall–Kier alpha value is -2.67. The summed E-state index contributed by atoms with van der Waals surface area (Å²) in [5.74, 6) is -1.25. The average Bonchev–Trinajstić information content (AvgIpc) is 3.00. The van der Waals surface area contributed by atoms with Gasteiger partial charge in [0.2, 0.25) is 5.91 Å². The van der Waals surface area contributed by atoms with Gasteiger partial charge in [-0.25, -0.2) is 4.79 Å². The SMILES string of the molecule is Cc1ccc(C(=O)O[C@@H](C)C(=O)N2CC(=O)Nc3ccccc32)s1. The first-order valence-corrected chi connectivity index (χ1v) is 8.25. The topological polar surface area (TPSA) is 75.7 Å². The molecule has 0 saturated carbocycles. The highest BCUT2D eigenvalue weighted by atomic mass is 32.1. The van der Waals surface area contributed by atoms with Crippen molar-refractivity contribution in [3.63, 3.8) is 0 Å². The number of carbonyl (C=O) groups excluding carboxylic acids is 3. The number of anilines is 2. The summed E-state index contributed by atoms with van der Waals surface area (Å²) >= 11 is 1.31. The standard InChI is InChI=1S/C17H16N2O4S/c1-10-7-8-14(24-10)17(22)23-11(2)16(21)19-9-15(20)18-12-5-3-4-6-13(12)19/h3-8,11H,9H2,1-2H3,(H,18,20)/t11-/m0/s1. The third kappa shape index (κ3) is 3.16. The van der Waals surface area contributed by atoms with Crippen LogP contribution in [0.3, 0.4) is 0 Å². The van der Waals surface area contributed by atoms with Crippen molar-refractivity contribution in [3.8, 4) is 0 Å². The molecule has 1 aliphatic heterocycles. The largest absolute Gasteiger partial charge is 0.448 e. The van der Waals surface area contributed by atoms with Gasteiger partial charge in [0.1, 0.15) is 11.4 Å². The Morgan fingerprint density at radius 3 is 2.71 bits per heavy atom. The van der Waals surface area contributed by atoms with Crippen molar-refractivity contribution >= 4 is 40.5 Å². The fourth-order valence-corrected chi connectivity index (χ4v) is 3.21.